The van der Waals surface area contributed by atoms with E-state index < -0.39 is 0 Å². The molecule has 0 bridgehead atoms. The number of rotatable bonds is 12. The fourth-order valence-corrected chi connectivity index (χ4v) is 8.21. The molecule has 0 aliphatic carbocycles. The molecule has 0 nitrogen and oxygen atoms in total. The van der Waals surface area contributed by atoms with Crippen LogP contribution in [-0.2, 0) is 12.8 Å². The molecule has 3 heterocycles. The predicted octanol–water partition coefficient (Wildman–Crippen LogP) is 11.0. The number of thiophene rings is 3. The third kappa shape index (κ3) is 6.77. The maximum absolute atomic E-state index is 3.77. The normalized spacial score (nSPS) is 11.4. The lowest BCUT2D eigenvalue weighted by Gasteiger charge is -2.06. The zero-order valence-corrected chi connectivity index (χ0v) is 23.0. The van der Waals surface area contributed by atoms with E-state index in [1.165, 1.54) is 96.9 Å². The van der Waals surface area contributed by atoms with E-state index in [9.17, 15) is 0 Å². The van der Waals surface area contributed by atoms with E-state index in [0.29, 0.717) is 0 Å². The number of halogens is 2. The Hall–Kier alpha value is 0.0600. The van der Waals surface area contributed by atoms with Gasteiger partial charge in [-0.05, 0) is 92.9 Å². The van der Waals surface area contributed by atoms with Crippen molar-refractivity contribution in [2.75, 3.05) is 0 Å². The van der Waals surface area contributed by atoms with Gasteiger partial charge in [0.1, 0.15) is 0 Å². The highest BCUT2D eigenvalue weighted by Crippen LogP contribution is 2.46. The summed E-state index contributed by atoms with van der Waals surface area (Å²) in [5.41, 5.74) is 3.09. The first-order chi connectivity index (χ1) is 14.1. The lowest BCUT2D eigenvalue weighted by molar-refractivity contribution is 0.666. The van der Waals surface area contributed by atoms with Gasteiger partial charge in [0.15, 0.2) is 0 Å². The fraction of sp³-hybridized carbons (Fsp3) is 0.500. The number of aryl methyl sites for hydroxylation is 2. The molecule has 0 unspecified atom stereocenters. The maximum atomic E-state index is 3.77. The minimum Gasteiger partial charge on any atom is -0.133 e. The molecule has 0 saturated carbocycles. The second-order valence-electron chi connectivity index (χ2n) is 7.59. The van der Waals surface area contributed by atoms with Crippen LogP contribution < -0.4 is 0 Å². The maximum Gasteiger partial charge on any atom is 0.0708 e. The summed E-state index contributed by atoms with van der Waals surface area (Å²) in [7, 11) is 0. The second-order valence-corrected chi connectivity index (χ2v) is 13.5. The second kappa shape index (κ2) is 12.2. The quantitative estimate of drug-likeness (QED) is 0.189. The van der Waals surface area contributed by atoms with Crippen molar-refractivity contribution in [3.63, 3.8) is 0 Å². The van der Waals surface area contributed by atoms with Gasteiger partial charge in [-0.1, -0.05) is 52.4 Å². The summed E-state index contributed by atoms with van der Waals surface area (Å²) >= 11 is 13.2. The fourth-order valence-electron chi connectivity index (χ4n) is 3.63. The Bertz CT molecular complexity index is 888. The van der Waals surface area contributed by atoms with Gasteiger partial charge in [-0.2, -0.15) is 0 Å². The SMILES string of the molecule is CCCCCCc1cc(Br)sc1-c1sc(-c2ccc(Br)s2)cc1CCCCCC. The smallest absolute Gasteiger partial charge is 0.0708 e. The average molecular weight is 575 g/mol. The molecule has 0 spiro atoms. The molecule has 3 aromatic heterocycles. The monoisotopic (exact) mass is 572 g/mol. The van der Waals surface area contributed by atoms with E-state index in [2.05, 4.69) is 70.0 Å². The predicted molar refractivity (Wildman–Crippen MR) is 142 cm³/mol. The van der Waals surface area contributed by atoms with E-state index in [4.69, 9.17) is 0 Å². The molecule has 0 aliphatic heterocycles. The Kier molecular flexibility index (Phi) is 9.97. The Labute approximate surface area is 205 Å². The van der Waals surface area contributed by atoms with Crippen LogP contribution in [0.25, 0.3) is 19.5 Å². The van der Waals surface area contributed by atoms with Crippen LogP contribution >= 0.6 is 65.9 Å². The van der Waals surface area contributed by atoms with Gasteiger partial charge < -0.3 is 0 Å². The lowest BCUT2D eigenvalue weighted by Crippen LogP contribution is -1.89. The van der Waals surface area contributed by atoms with Crippen molar-refractivity contribution in [2.45, 2.75) is 78.1 Å². The van der Waals surface area contributed by atoms with E-state index >= 15 is 0 Å². The summed E-state index contributed by atoms with van der Waals surface area (Å²) in [6.45, 7) is 4.57. The van der Waals surface area contributed by atoms with Crippen molar-refractivity contribution in [2.24, 2.45) is 0 Å². The summed E-state index contributed by atoms with van der Waals surface area (Å²) in [4.78, 5) is 5.82. The highest BCUT2D eigenvalue weighted by molar-refractivity contribution is 9.11. The first-order valence-electron chi connectivity index (χ1n) is 10.8. The first-order valence-corrected chi connectivity index (χ1v) is 14.8. The van der Waals surface area contributed by atoms with Crippen LogP contribution in [0.15, 0.2) is 31.8 Å². The highest BCUT2D eigenvalue weighted by atomic mass is 79.9. The Morgan fingerprint density at radius 2 is 1.24 bits per heavy atom. The lowest BCUT2D eigenvalue weighted by atomic mass is 10.0. The summed E-state index contributed by atoms with van der Waals surface area (Å²) in [6.07, 6.45) is 13.0. The summed E-state index contributed by atoms with van der Waals surface area (Å²) < 4.78 is 2.48. The van der Waals surface area contributed by atoms with Gasteiger partial charge in [0.25, 0.3) is 0 Å². The Morgan fingerprint density at radius 1 is 0.621 bits per heavy atom. The van der Waals surface area contributed by atoms with Crippen molar-refractivity contribution in [3.8, 4) is 19.5 Å². The van der Waals surface area contributed by atoms with E-state index in [-0.39, 0.29) is 0 Å². The third-order valence-electron chi connectivity index (χ3n) is 5.21. The third-order valence-corrected chi connectivity index (χ3v) is 10.1. The van der Waals surface area contributed by atoms with Gasteiger partial charge in [-0.25, -0.2) is 0 Å². The zero-order valence-electron chi connectivity index (χ0n) is 17.4. The molecule has 0 aromatic carbocycles. The molecule has 0 N–H and O–H groups in total. The standard InChI is InChI=1S/C24H30Br2S3/c1-3-5-7-9-11-17-15-20(19-13-14-21(25)27-19)28-23(17)24-18(16-22(26)29-24)12-10-8-6-4-2/h13-16H,3-12H2,1-2H3. The Balaban J connectivity index is 1.89. The molecule has 3 rings (SSSR count). The molecule has 0 atom stereocenters. The van der Waals surface area contributed by atoms with E-state index in [0.717, 1.165) is 0 Å². The highest BCUT2D eigenvalue weighted by Gasteiger charge is 2.18. The molecule has 5 heteroatoms. The molecule has 158 valence electrons. The molecular formula is C24H30Br2S3. The van der Waals surface area contributed by atoms with Crippen molar-refractivity contribution >= 4 is 65.9 Å². The van der Waals surface area contributed by atoms with Gasteiger partial charge in [0.05, 0.1) is 7.57 Å². The zero-order chi connectivity index (χ0) is 20.6. The van der Waals surface area contributed by atoms with Crippen LogP contribution in [0.4, 0.5) is 0 Å². The molecule has 3 aromatic rings. The summed E-state index contributed by atoms with van der Waals surface area (Å²) in [6, 6.07) is 9.26. The van der Waals surface area contributed by atoms with Crippen LogP contribution in [0.1, 0.15) is 76.3 Å². The Morgan fingerprint density at radius 3 is 1.83 bits per heavy atom. The van der Waals surface area contributed by atoms with Crippen LogP contribution in [-0.4, -0.2) is 0 Å². The molecular weight excluding hydrogens is 544 g/mol. The molecule has 0 saturated heterocycles. The van der Waals surface area contributed by atoms with Gasteiger partial charge in [-0.15, -0.1) is 34.0 Å². The molecule has 0 aliphatic rings. The van der Waals surface area contributed by atoms with Crippen LogP contribution in [0.5, 0.6) is 0 Å². The van der Waals surface area contributed by atoms with Crippen molar-refractivity contribution < 1.29 is 0 Å². The topological polar surface area (TPSA) is 0 Å². The number of hydrogen-bond acceptors (Lipinski definition) is 3. The van der Waals surface area contributed by atoms with Crippen molar-refractivity contribution in [3.05, 3.63) is 43.0 Å². The molecule has 29 heavy (non-hydrogen) atoms. The van der Waals surface area contributed by atoms with Crippen LogP contribution in [0, 0.1) is 0 Å². The average Bonchev–Trinajstić information content (AvgIpc) is 3.40. The summed E-state index contributed by atoms with van der Waals surface area (Å²) in [5.74, 6) is 0. The largest absolute Gasteiger partial charge is 0.133 e. The van der Waals surface area contributed by atoms with Crippen molar-refractivity contribution in [1.82, 2.24) is 0 Å². The minimum absolute atomic E-state index is 1.20. The number of hydrogen-bond donors (Lipinski definition) is 0. The van der Waals surface area contributed by atoms with E-state index in [1.54, 1.807) is 5.56 Å². The van der Waals surface area contributed by atoms with Crippen molar-refractivity contribution in [1.29, 1.82) is 0 Å². The first kappa shape index (κ1) is 23.7. The van der Waals surface area contributed by atoms with Gasteiger partial charge in [0, 0.05) is 19.5 Å². The molecule has 0 fully saturated rings. The van der Waals surface area contributed by atoms with Crippen LogP contribution in [0.2, 0.25) is 0 Å². The molecule has 0 radical (unpaired) electrons. The van der Waals surface area contributed by atoms with E-state index in [1.807, 2.05) is 34.0 Å². The molecule has 0 amide bonds. The number of unbranched alkanes of at least 4 members (excludes halogenated alkanes) is 6. The van der Waals surface area contributed by atoms with Crippen LogP contribution in [0.3, 0.4) is 0 Å². The minimum atomic E-state index is 1.20. The van der Waals surface area contributed by atoms with Gasteiger partial charge in [-0.3, -0.25) is 0 Å². The van der Waals surface area contributed by atoms with Gasteiger partial charge in [0.2, 0.25) is 0 Å². The van der Waals surface area contributed by atoms with Gasteiger partial charge >= 0.3 is 0 Å². The summed E-state index contributed by atoms with van der Waals surface area (Å²) in [5, 5.41) is 0.